The predicted octanol–water partition coefficient (Wildman–Crippen LogP) is 2.30. The summed E-state index contributed by atoms with van der Waals surface area (Å²) in [7, 11) is 0. The van der Waals surface area contributed by atoms with Crippen molar-refractivity contribution in [3.05, 3.63) is 34.6 Å². The second kappa shape index (κ2) is 8.01. The SMILES string of the molecule is O=CNC(CCSCc1cccc(F)c1Cl)C(=O)O. The maximum absolute atomic E-state index is 13.2. The van der Waals surface area contributed by atoms with Crippen molar-refractivity contribution >= 4 is 35.7 Å². The molecule has 0 aromatic heterocycles. The van der Waals surface area contributed by atoms with E-state index in [-0.39, 0.29) is 5.02 Å². The van der Waals surface area contributed by atoms with E-state index in [9.17, 15) is 14.0 Å². The normalized spacial score (nSPS) is 11.9. The van der Waals surface area contributed by atoms with Gasteiger partial charge >= 0.3 is 5.97 Å². The van der Waals surface area contributed by atoms with E-state index >= 15 is 0 Å². The van der Waals surface area contributed by atoms with E-state index in [0.717, 1.165) is 0 Å². The fraction of sp³-hybridized carbons (Fsp3) is 0.333. The zero-order chi connectivity index (χ0) is 14.3. The van der Waals surface area contributed by atoms with Gasteiger partial charge in [0.25, 0.3) is 0 Å². The number of carboxylic acid groups (broad SMARTS) is 1. The smallest absolute Gasteiger partial charge is 0.326 e. The molecule has 0 aliphatic carbocycles. The van der Waals surface area contributed by atoms with Crippen LogP contribution in [0.1, 0.15) is 12.0 Å². The molecule has 0 radical (unpaired) electrons. The number of hydrogen-bond acceptors (Lipinski definition) is 3. The van der Waals surface area contributed by atoms with Gasteiger partial charge in [0.1, 0.15) is 11.9 Å². The Bertz CT molecular complexity index is 459. The van der Waals surface area contributed by atoms with Gasteiger partial charge in [-0.05, 0) is 23.8 Å². The summed E-state index contributed by atoms with van der Waals surface area (Å²) >= 11 is 7.22. The summed E-state index contributed by atoms with van der Waals surface area (Å²) in [5.74, 6) is -0.531. The third-order valence-electron chi connectivity index (χ3n) is 2.41. The number of amides is 1. The highest BCUT2D eigenvalue weighted by atomic mass is 35.5. The summed E-state index contributed by atoms with van der Waals surface area (Å²) in [5, 5.41) is 11.1. The highest BCUT2D eigenvalue weighted by molar-refractivity contribution is 7.98. The maximum Gasteiger partial charge on any atom is 0.326 e. The number of carboxylic acids is 1. The Kier molecular flexibility index (Phi) is 6.66. The van der Waals surface area contributed by atoms with Crippen LogP contribution < -0.4 is 5.32 Å². The summed E-state index contributed by atoms with van der Waals surface area (Å²) in [6.45, 7) is 0. The zero-order valence-electron chi connectivity index (χ0n) is 9.94. The molecule has 1 unspecified atom stereocenters. The molecule has 19 heavy (non-hydrogen) atoms. The number of benzene rings is 1. The molecule has 1 aromatic carbocycles. The number of nitrogens with one attached hydrogen (secondary N) is 1. The van der Waals surface area contributed by atoms with Crippen molar-refractivity contribution in [2.24, 2.45) is 0 Å². The number of halogens is 2. The molecule has 0 aliphatic heterocycles. The van der Waals surface area contributed by atoms with Crippen LogP contribution in [0.3, 0.4) is 0 Å². The van der Waals surface area contributed by atoms with Gasteiger partial charge in [-0.15, -0.1) is 0 Å². The van der Waals surface area contributed by atoms with E-state index in [4.69, 9.17) is 16.7 Å². The van der Waals surface area contributed by atoms with Gasteiger partial charge < -0.3 is 10.4 Å². The van der Waals surface area contributed by atoms with Gasteiger partial charge in [-0.1, -0.05) is 23.7 Å². The van der Waals surface area contributed by atoms with Gasteiger partial charge in [0.05, 0.1) is 5.02 Å². The summed E-state index contributed by atoms with van der Waals surface area (Å²) in [6, 6.07) is 3.68. The largest absolute Gasteiger partial charge is 0.480 e. The molecule has 7 heteroatoms. The average molecular weight is 306 g/mol. The fourth-order valence-corrected chi connectivity index (χ4v) is 2.68. The topological polar surface area (TPSA) is 66.4 Å². The van der Waals surface area contributed by atoms with Gasteiger partial charge in [0.15, 0.2) is 0 Å². The second-order valence-corrected chi connectivity index (χ2v) is 5.21. The van der Waals surface area contributed by atoms with Crippen LogP contribution in [0.4, 0.5) is 4.39 Å². The predicted molar refractivity (Wildman–Crippen MR) is 72.8 cm³/mol. The summed E-state index contributed by atoms with van der Waals surface area (Å²) in [6.07, 6.45) is 0.665. The lowest BCUT2D eigenvalue weighted by Crippen LogP contribution is -2.36. The highest BCUT2D eigenvalue weighted by Gasteiger charge is 2.15. The molecule has 0 aliphatic rings. The fourth-order valence-electron chi connectivity index (χ4n) is 1.40. The monoisotopic (exact) mass is 305 g/mol. The van der Waals surface area contributed by atoms with Crippen LogP contribution in [0.25, 0.3) is 0 Å². The minimum absolute atomic E-state index is 0.0933. The molecule has 1 rings (SSSR count). The molecule has 1 amide bonds. The minimum atomic E-state index is -1.07. The van der Waals surface area contributed by atoms with Crippen molar-refractivity contribution in [3.8, 4) is 0 Å². The number of thioether (sulfide) groups is 1. The Morgan fingerprint density at radius 2 is 2.32 bits per heavy atom. The molecule has 0 fully saturated rings. The van der Waals surface area contributed by atoms with E-state index in [2.05, 4.69) is 5.32 Å². The average Bonchev–Trinajstić information content (AvgIpc) is 2.37. The molecule has 104 valence electrons. The molecule has 0 saturated heterocycles. The molecule has 1 aromatic rings. The first kappa shape index (κ1) is 15.8. The van der Waals surface area contributed by atoms with Crippen molar-refractivity contribution in [2.45, 2.75) is 18.2 Å². The Morgan fingerprint density at radius 1 is 1.58 bits per heavy atom. The molecule has 4 nitrogen and oxygen atoms in total. The van der Waals surface area contributed by atoms with Gasteiger partial charge in [-0.3, -0.25) is 4.79 Å². The second-order valence-electron chi connectivity index (χ2n) is 3.73. The molecule has 0 spiro atoms. The summed E-state index contributed by atoms with van der Waals surface area (Å²) < 4.78 is 13.2. The first-order valence-corrected chi connectivity index (χ1v) is 7.02. The Hall–Kier alpha value is -1.27. The van der Waals surface area contributed by atoms with Gasteiger partial charge in [0.2, 0.25) is 6.41 Å². The number of aliphatic carboxylic acids is 1. The van der Waals surface area contributed by atoms with Crippen LogP contribution in [-0.4, -0.2) is 29.3 Å². The van der Waals surface area contributed by atoms with E-state index < -0.39 is 17.8 Å². The lowest BCUT2D eigenvalue weighted by atomic mass is 10.2. The maximum atomic E-state index is 13.2. The number of rotatable bonds is 8. The Balaban J connectivity index is 2.40. The van der Waals surface area contributed by atoms with Crippen LogP contribution in [0.15, 0.2) is 18.2 Å². The molecular formula is C12H13ClFNO3S. The van der Waals surface area contributed by atoms with Gasteiger partial charge in [-0.25, -0.2) is 9.18 Å². The van der Waals surface area contributed by atoms with Crippen LogP contribution in [0.2, 0.25) is 5.02 Å². The third kappa shape index (κ3) is 5.08. The molecule has 2 N–H and O–H groups in total. The lowest BCUT2D eigenvalue weighted by molar-refractivity contribution is -0.140. The van der Waals surface area contributed by atoms with Gasteiger partial charge in [0, 0.05) is 5.75 Å². The van der Waals surface area contributed by atoms with Crippen LogP contribution in [0, 0.1) is 5.82 Å². The van der Waals surface area contributed by atoms with Crippen molar-refractivity contribution in [2.75, 3.05) is 5.75 Å². The first-order valence-electron chi connectivity index (χ1n) is 5.49. The van der Waals surface area contributed by atoms with Crippen LogP contribution in [0.5, 0.6) is 0 Å². The summed E-state index contributed by atoms with van der Waals surface area (Å²) in [4.78, 5) is 21.0. The highest BCUT2D eigenvalue weighted by Crippen LogP contribution is 2.24. The van der Waals surface area contributed by atoms with E-state index in [1.165, 1.54) is 17.8 Å². The Morgan fingerprint density at radius 3 is 2.95 bits per heavy atom. The van der Waals surface area contributed by atoms with Crippen molar-refractivity contribution in [3.63, 3.8) is 0 Å². The lowest BCUT2D eigenvalue weighted by Gasteiger charge is -2.10. The number of carbonyl (C=O) groups is 2. The summed E-state index contributed by atoms with van der Waals surface area (Å²) in [5.41, 5.74) is 0.668. The standard InChI is InChI=1S/C12H13ClFNO3S/c13-11-8(2-1-3-9(11)14)6-19-5-4-10(12(17)18)15-7-16/h1-3,7,10H,4-6H2,(H,15,16)(H,17,18). The molecule has 0 heterocycles. The molecule has 0 bridgehead atoms. The quantitative estimate of drug-likeness (QED) is 0.571. The Labute approximate surface area is 119 Å². The van der Waals surface area contributed by atoms with Crippen LogP contribution >= 0.6 is 23.4 Å². The molecular weight excluding hydrogens is 293 g/mol. The first-order chi connectivity index (χ1) is 9.06. The minimum Gasteiger partial charge on any atom is -0.480 e. The van der Waals surface area contributed by atoms with E-state index in [1.807, 2.05) is 0 Å². The molecule has 0 saturated carbocycles. The molecule has 1 atom stereocenters. The van der Waals surface area contributed by atoms with E-state index in [0.29, 0.717) is 29.9 Å². The van der Waals surface area contributed by atoms with Crippen molar-refractivity contribution < 1.29 is 19.1 Å². The van der Waals surface area contributed by atoms with Crippen molar-refractivity contribution in [1.29, 1.82) is 0 Å². The van der Waals surface area contributed by atoms with Gasteiger partial charge in [-0.2, -0.15) is 11.8 Å². The van der Waals surface area contributed by atoms with Crippen molar-refractivity contribution in [1.82, 2.24) is 5.32 Å². The number of hydrogen-bond donors (Lipinski definition) is 2. The number of carbonyl (C=O) groups excluding carboxylic acids is 1. The zero-order valence-corrected chi connectivity index (χ0v) is 11.5. The van der Waals surface area contributed by atoms with Crippen LogP contribution in [-0.2, 0) is 15.3 Å². The van der Waals surface area contributed by atoms with E-state index in [1.54, 1.807) is 12.1 Å². The third-order valence-corrected chi connectivity index (χ3v) is 3.87.